The highest BCUT2D eigenvalue weighted by Gasteiger charge is 2.37. The van der Waals surface area contributed by atoms with Gasteiger partial charge >= 0.3 is 6.03 Å². The first kappa shape index (κ1) is 25.3. The van der Waals surface area contributed by atoms with Gasteiger partial charge in [-0.05, 0) is 62.2 Å². The summed E-state index contributed by atoms with van der Waals surface area (Å²) in [4.78, 5) is 31.1. The molecule has 6 heteroatoms. The van der Waals surface area contributed by atoms with Crippen molar-refractivity contribution in [1.29, 1.82) is 0 Å². The molecule has 5 rings (SSSR count). The largest absolute Gasteiger partial charge is 0.322 e. The molecular formula is C32H34N4O2. The minimum Gasteiger partial charge on any atom is -0.316 e. The van der Waals surface area contributed by atoms with Gasteiger partial charge in [0, 0.05) is 18.4 Å². The smallest absolute Gasteiger partial charge is 0.316 e. The van der Waals surface area contributed by atoms with Crippen molar-refractivity contribution >= 4 is 23.3 Å². The molecule has 0 saturated heterocycles. The number of aryl methyl sites for hydroxylation is 2. The van der Waals surface area contributed by atoms with Crippen LogP contribution in [0, 0.1) is 13.8 Å². The van der Waals surface area contributed by atoms with Gasteiger partial charge in [0.25, 0.3) is 0 Å². The Labute approximate surface area is 224 Å². The number of nitrogens with zero attached hydrogens (tertiary/aromatic N) is 3. The number of benzene rings is 3. The minimum atomic E-state index is -0.305. The van der Waals surface area contributed by atoms with E-state index in [9.17, 15) is 9.59 Å². The van der Waals surface area contributed by atoms with E-state index in [1.165, 1.54) is 0 Å². The minimum absolute atomic E-state index is 0.0188. The van der Waals surface area contributed by atoms with Crippen molar-refractivity contribution in [1.82, 2.24) is 9.47 Å². The SMILES string of the molecule is CCCCN(CC(=O)N1c2ccccc2-n2cccc2C1c1cccc(C)c1)C(=O)Nc1ccc(C)cc1. The lowest BCUT2D eigenvalue weighted by Crippen LogP contribution is -2.48. The van der Waals surface area contributed by atoms with Gasteiger partial charge in [0.1, 0.15) is 12.6 Å². The van der Waals surface area contributed by atoms with Crippen molar-refractivity contribution in [3.8, 4) is 5.69 Å². The molecule has 0 spiro atoms. The summed E-state index contributed by atoms with van der Waals surface area (Å²) in [7, 11) is 0. The lowest BCUT2D eigenvalue weighted by Gasteiger charge is -2.39. The fraction of sp³-hybridized carbons (Fsp3) is 0.250. The van der Waals surface area contributed by atoms with Gasteiger partial charge in [-0.3, -0.25) is 9.69 Å². The van der Waals surface area contributed by atoms with E-state index >= 15 is 0 Å². The summed E-state index contributed by atoms with van der Waals surface area (Å²) in [5.41, 5.74) is 6.82. The Morgan fingerprint density at radius 3 is 2.37 bits per heavy atom. The molecule has 2 heterocycles. The van der Waals surface area contributed by atoms with Crippen LogP contribution in [-0.4, -0.2) is 34.5 Å². The molecule has 38 heavy (non-hydrogen) atoms. The number of carbonyl (C=O) groups is 2. The highest BCUT2D eigenvalue weighted by molar-refractivity contribution is 6.01. The molecule has 6 nitrogen and oxygen atoms in total. The molecule has 0 aliphatic carbocycles. The molecule has 0 saturated carbocycles. The summed E-state index contributed by atoms with van der Waals surface area (Å²) in [6.45, 7) is 6.64. The predicted molar refractivity (Wildman–Crippen MR) is 153 cm³/mol. The fourth-order valence-corrected chi connectivity index (χ4v) is 5.10. The molecule has 1 N–H and O–H groups in total. The van der Waals surface area contributed by atoms with E-state index in [2.05, 4.69) is 48.0 Å². The zero-order valence-electron chi connectivity index (χ0n) is 22.2. The number of anilines is 2. The Balaban J connectivity index is 1.50. The topological polar surface area (TPSA) is 57.6 Å². The standard InChI is InChI=1S/C32H34N4O2/c1-4-5-19-34(32(38)33-26-17-15-23(2)16-18-26)22-30(37)36-28-13-7-6-12-27(28)35-20-9-14-29(35)31(36)25-11-8-10-24(3)21-25/h6-18,20-21,31H,4-5,19,22H2,1-3H3,(H,33,38). The maximum atomic E-state index is 14.2. The number of fused-ring (bicyclic) bond motifs is 3. The molecular weight excluding hydrogens is 472 g/mol. The molecule has 0 radical (unpaired) electrons. The zero-order chi connectivity index (χ0) is 26.6. The van der Waals surface area contributed by atoms with Gasteiger partial charge in [-0.2, -0.15) is 0 Å². The summed E-state index contributed by atoms with van der Waals surface area (Å²) in [6, 6.07) is 27.5. The monoisotopic (exact) mass is 506 g/mol. The van der Waals surface area contributed by atoms with E-state index in [0.717, 1.165) is 46.6 Å². The maximum Gasteiger partial charge on any atom is 0.322 e. The van der Waals surface area contributed by atoms with Gasteiger partial charge in [0.2, 0.25) is 5.91 Å². The van der Waals surface area contributed by atoms with Crippen LogP contribution in [0.5, 0.6) is 0 Å². The van der Waals surface area contributed by atoms with Gasteiger partial charge in [0.05, 0.1) is 17.1 Å². The number of amides is 3. The number of carbonyl (C=O) groups excluding carboxylic acids is 2. The number of unbranched alkanes of at least 4 members (excludes halogenated alkanes) is 1. The lowest BCUT2D eigenvalue weighted by atomic mass is 9.96. The summed E-state index contributed by atoms with van der Waals surface area (Å²) in [5.74, 6) is -0.119. The van der Waals surface area contributed by atoms with Gasteiger partial charge in [0.15, 0.2) is 0 Å². The van der Waals surface area contributed by atoms with Gasteiger partial charge in [-0.25, -0.2) is 4.79 Å². The van der Waals surface area contributed by atoms with Crippen molar-refractivity contribution in [3.05, 3.63) is 114 Å². The first-order valence-electron chi connectivity index (χ1n) is 13.2. The number of hydrogen-bond acceptors (Lipinski definition) is 2. The molecule has 0 bridgehead atoms. The molecule has 1 atom stereocenters. The van der Waals surface area contributed by atoms with Crippen LogP contribution < -0.4 is 10.2 Å². The van der Waals surface area contributed by atoms with E-state index < -0.39 is 0 Å². The molecule has 194 valence electrons. The predicted octanol–water partition coefficient (Wildman–Crippen LogP) is 6.86. The van der Waals surface area contributed by atoms with E-state index in [1.54, 1.807) is 4.90 Å². The summed E-state index contributed by atoms with van der Waals surface area (Å²) < 4.78 is 2.16. The first-order chi connectivity index (χ1) is 18.5. The Kier molecular flexibility index (Phi) is 7.31. The Hall–Kier alpha value is -4.32. The highest BCUT2D eigenvalue weighted by atomic mass is 16.2. The van der Waals surface area contributed by atoms with E-state index in [0.29, 0.717) is 12.2 Å². The lowest BCUT2D eigenvalue weighted by molar-refractivity contribution is -0.119. The zero-order valence-corrected chi connectivity index (χ0v) is 22.2. The third-order valence-corrected chi connectivity index (χ3v) is 7.04. The molecule has 3 aromatic carbocycles. The molecule has 1 aliphatic rings. The van der Waals surface area contributed by atoms with Crippen LogP contribution in [-0.2, 0) is 4.79 Å². The molecule has 4 aromatic rings. The summed E-state index contributed by atoms with van der Waals surface area (Å²) >= 11 is 0. The van der Waals surface area contributed by atoms with Gasteiger partial charge < -0.3 is 14.8 Å². The average molecular weight is 507 g/mol. The quantitative estimate of drug-likeness (QED) is 0.298. The van der Waals surface area contributed by atoms with E-state index in [4.69, 9.17) is 0 Å². The number of aromatic nitrogens is 1. The van der Waals surface area contributed by atoms with Crippen molar-refractivity contribution in [2.24, 2.45) is 0 Å². The molecule has 1 unspecified atom stereocenters. The second-order valence-electron chi connectivity index (χ2n) is 9.94. The average Bonchev–Trinajstić information content (AvgIpc) is 3.41. The van der Waals surface area contributed by atoms with Crippen LogP contribution in [0.2, 0.25) is 0 Å². The molecule has 1 aliphatic heterocycles. The molecule has 3 amide bonds. The second kappa shape index (κ2) is 11.0. The van der Waals surface area contributed by atoms with Crippen LogP contribution in [0.1, 0.15) is 48.2 Å². The number of hydrogen-bond donors (Lipinski definition) is 1. The maximum absolute atomic E-state index is 14.2. The van der Waals surface area contributed by atoms with Crippen LogP contribution >= 0.6 is 0 Å². The Bertz CT molecular complexity index is 1440. The van der Waals surface area contributed by atoms with Gasteiger partial charge in [-0.15, -0.1) is 0 Å². The third kappa shape index (κ3) is 5.07. The number of rotatable bonds is 7. The summed E-state index contributed by atoms with van der Waals surface area (Å²) in [6.07, 6.45) is 3.78. The Morgan fingerprint density at radius 2 is 1.63 bits per heavy atom. The van der Waals surface area contributed by atoms with E-state index in [1.807, 2.05) is 78.7 Å². The molecule has 0 fully saturated rings. The third-order valence-electron chi connectivity index (χ3n) is 7.04. The van der Waals surface area contributed by atoms with Crippen molar-refractivity contribution < 1.29 is 9.59 Å². The number of nitrogens with one attached hydrogen (secondary N) is 1. The van der Waals surface area contributed by atoms with Crippen LogP contribution in [0.15, 0.2) is 91.1 Å². The van der Waals surface area contributed by atoms with Crippen molar-refractivity contribution in [2.45, 2.75) is 39.7 Å². The van der Waals surface area contributed by atoms with Crippen LogP contribution in [0.25, 0.3) is 5.69 Å². The van der Waals surface area contributed by atoms with Gasteiger partial charge in [-0.1, -0.05) is 73.0 Å². The number of urea groups is 1. The van der Waals surface area contributed by atoms with Crippen molar-refractivity contribution in [2.75, 3.05) is 23.3 Å². The Morgan fingerprint density at radius 1 is 0.868 bits per heavy atom. The second-order valence-corrected chi connectivity index (χ2v) is 9.94. The first-order valence-corrected chi connectivity index (χ1v) is 13.2. The van der Waals surface area contributed by atoms with Crippen LogP contribution in [0.3, 0.4) is 0 Å². The summed E-state index contributed by atoms with van der Waals surface area (Å²) in [5, 5.41) is 2.98. The molecule has 1 aromatic heterocycles. The fourth-order valence-electron chi connectivity index (χ4n) is 5.10. The van der Waals surface area contributed by atoms with Crippen LogP contribution in [0.4, 0.5) is 16.2 Å². The van der Waals surface area contributed by atoms with Crippen molar-refractivity contribution in [3.63, 3.8) is 0 Å². The van der Waals surface area contributed by atoms with E-state index in [-0.39, 0.29) is 24.5 Å². The highest BCUT2D eigenvalue weighted by Crippen LogP contribution is 2.42. The number of para-hydroxylation sites is 2. The normalized spacial score (nSPS) is 14.0.